The van der Waals surface area contributed by atoms with Gasteiger partial charge in [0, 0.05) is 12.1 Å². The summed E-state index contributed by atoms with van der Waals surface area (Å²) in [5.41, 5.74) is 6.47. The molecule has 0 saturated carbocycles. The van der Waals surface area contributed by atoms with Gasteiger partial charge in [-0.3, -0.25) is 4.79 Å². The summed E-state index contributed by atoms with van der Waals surface area (Å²) in [5, 5.41) is 4.93. The second-order valence-electron chi connectivity index (χ2n) is 5.64. The highest BCUT2D eigenvalue weighted by Crippen LogP contribution is 2.14. The molecule has 8 heteroatoms. The van der Waals surface area contributed by atoms with E-state index in [1.54, 1.807) is 43.5 Å². The van der Waals surface area contributed by atoms with Gasteiger partial charge in [-0.2, -0.15) is 0 Å². The van der Waals surface area contributed by atoms with Crippen LogP contribution in [0.25, 0.3) is 0 Å². The molecule has 0 spiro atoms. The quantitative estimate of drug-likeness (QED) is 0.607. The number of carbonyl (C=O) groups is 3. The van der Waals surface area contributed by atoms with E-state index >= 15 is 0 Å². The minimum atomic E-state index is -0.987. The number of ether oxygens (including phenoxy) is 2. The highest BCUT2D eigenvalue weighted by atomic mass is 16.5. The maximum atomic E-state index is 12.2. The maximum Gasteiger partial charge on any atom is 0.329 e. The number of rotatable bonds is 8. The van der Waals surface area contributed by atoms with Crippen molar-refractivity contribution in [3.8, 4) is 5.75 Å². The van der Waals surface area contributed by atoms with Gasteiger partial charge in [0.15, 0.2) is 6.61 Å². The zero-order chi connectivity index (χ0) is 19.6. The Kier molecular flexibility index (Phi) is 7.18. The number of benzene rings is 2. The van der Waals surface area contributed by atoms with Gasteiger partial charge in [-0.05, 0) is 29.8 Å². The topological polar surface area (TPSA) is 120 Å². The fourth-order valence-electron chi connectivity index (χ4n) is 2.32. The van der Waals surface area contributed by atoms with Gasteiger partial charge in [-0.1, -0.05) is 30.3 Å². The van der Waals surface area contributed by atoms with Crippen molar-refractivity contribution in [3.05, 3.63) is 60.2 Å². The lowest BCUT2D eigenvalue weighted by Gasteiger charge is -2.16. The van der Waals surface area contributed by atoms with Crippen LogP contribution < -0.4 is 21.1 Å². The van der Waals surface area contributed by atoms with Crippen LogP contribution in [0, 0.1) is 0 Å². The summed E-state index contributed by atoms with van der Waals surface area (Å²) < 4.78 is 10.0. The number of anilines is 1. The van der Waals surface area contributed by atoms with Crippen LogP contribution in [0.15, 0.2) is 54.6 Å². The fourth-order valence-corrected chi connectivity index (χ4v) is 2.32. The number of primary amides is 1. The molecule has 2 aromatic carbocycles. The number of urea groups is 1. The molecule has 4 N–H and O–H groups in total. The van der Waals surface area contributed by atoms with Crippen LogP contribution in [0.1, 0.15) is 5.56 Å². The van der Waals surface area contributed by atoms with E-state index in [1.807, 2.05) is 18.2 Å². The third kappa shape index (κ3) is 6.69. The summed E-state index contributed by atoms with van der Waals surface area (Å²) in [6.45, 7) is -0.489. The summed E-state index contributed by atoms with van der Waals surface area (Å²) >= 11 is 0. The zero-order valence-corrected chi connectivity index (χ0v) is 14.8. The Labute approximate surface area is 156 Å². The molecule has 0 heterocycles. The predicted molar refractivity (Wildman–Crippen MR) is 99.2 cm³/mol. The zero-order valence-electron chi connectivity index (χ0n) is 14.8. The lowest BCUT2D eigenvalue weighted by atomic mass is 10.1. The molecule has 0 unspecified atom stereocenters. The highest BCUT2D eigenvalue weighted by molar-refractivity contribution is 5.93. The summed E-state index contributed by atoms with van der Waals surface area (Å²) in [6.07, 6.45) is 0.197. The molecule has 0 aliphatic rings. The molecule has 27 heavy (non-hydrogen) atoms. The van der Waals surface area contributed by atoms with Crippen LogP contribution in [0.2, 0.25) is 0 Å². The second kappa shape index (κ2) is 9.81. The second-order valence-corrected chi connectivity index (χ2v) is 5.64. The van der Waals surface area contributed by atoms with Crippen LogP contribution in [0.5, 0.6) is 5.75 Å². The average molecular weight is 371 g/mol. The smallest absolute Gasteiger partial charge is 0.329 e. The minimum absolute atomic E-state index is 0.197. The lowest BCUT2D eigenvalue weighted by Crippen LogP contribution is -2.46. The largest absolute Gasteiger partial charge is 0.497 e. The van der Waals surface area contributed by atoms with Crippen LogP contribution in [0.4, 0.5) is 10.5 Å². The molecule has 0 saturated heterocycles. The van der Waals surface area contributed by atoms with Gasteiger partial charge in [0.2, 0.25) is 0 Å². The summed E-state index contributed by atoms with van der Waals surface area (Å²) in [4.78, 5) is 35.3. The first-order valence-electron chi connectivity index (χ1n) is 8.18. The third-order valence-electron chi connectivity index (χ3n) is 3.60. The van der Waals surface area contributed by atoms with E-state index < -0.39 is 30.6 Å². The van der Waals surface area contributed by atoms with Crippen molar-refractivity contribution in [2.24, 2.45) is 5.73 Å². The average Bonchev–Trinajstić information content (AvgIpc) is 2.66. The number of hydrogen-bond donors (Lipinski definition) is 3. The molecule has 0 fully saturated rings. The first-order valence-corrected chi connectivity index (χ1v) is 8.18. The third-order valence-corrected chi connectivity index (χ3v) is 3.60. The van der Waals surface area contributed by atoms with Crippen molar-refractivity contribution in [3.63, 3.8) is 0 Å². The fraction of sp³-hybridized carbons (Fsp3) is 0.211. The molecule has 142 valence electrons. The van der Waals surface area contributed by atoms with Gasteiger partial charge in [0.25, 0.3) is 5.91 Å². The van der Waals surface area contributed by atoms with Crippen LogP contribution >= 0.6 is 0 Å². The number of nitrogens with two attached hydrogens (primary N) is 1. The number of amides is 3. The number of carbonyl (C=O) groups excluding carboxylic acids is 3. The molecular weight excluding hydrogens is 350 g/mol. The molecular formula is C19H21N3O5. The van der Waals surface area contributed by atoms with Crippen LogP contribution in [0.3, 0.4) is 0 Å². The van der Waals surface area contributed by atoms with E-state index in [9.17, 15) is 14.4 Å². The molecule has 0 aromatic heterocycles. The van der Waals surface area contributed by atoms with Gasteiger partial charge in [-0.15, -0.1) is 0 Å². The van der Waals surface area contributed by atoms with Crippen molar-refractivity contribution in [1.82, 2.24) is 5.32 Å². The number of esters is 1. The molecule has 0 aliphatic carbocycles. The predicted octanol–water partition coefficient (Wildman–Crippen LogP) is 1.46. The summed E-state index contributed by atoms with van der Waals surface area (Å²) in [6, 6.07) is 13.9. The SMILES string of the molecule is COc1ccc(NC(=O)COC(=O)[C@H](Cc2ccccc2)NC(N)=O)cc1. The highest BCUT2D eigenvalue weighted by Gasteiger charge is 2.22. The minimum Gasteiger partial charge on any atom is -0.497 e. The van der Waals surface area contributed by atoms with Crippen LogP contribution in [-0.4, -0.2) is 37.7 Å². The monoisotopic (exact) mass is 371 g/mol. The van der Waals surface area contributed by atoms with Gasteiger partial charge in [-0.25, -0.2) is 9.59 Å². The van der Waals surface area contributed by atoms with Crippen molar-refractivity contribution in [1.29, 1.82) is 0 Å². The summed E-state index contributed by atoms with van der Waals surface area (Å²) in [7, 11) is 1.54. The van der Waals surface area contributed by atoms with E-state index in [0.717, 1.165) is 5.56 Å². The van der Waals surface area contributed by atoms with Gasteiger partial charge in [0.05, 0.1) is 7.11 Å². The van der Waals surface area contributed by atoms with Crippen molar-refractivity contribution in [2.75, 3.05) is 19.0 Å². The first-order chi connectivity index (χ1) is 13.0. The molecule has 8 nitrogen and oxygen atoms in total. The summed E-state index contributed by atoms with van der Waals surface area (Å²) in [5.74, 6) is -0.603. The Bertz CT molecular complexity index is 778. The standard InChI is InChI=1S/C19H21N3O5/c1-26-15-9-7-14(8-10-15)21-17(23)12-27-18(24)16(22-19(20)25)11-13-5-3-2-4-6-13/h2-10,16H,11-12H2,1H3,(H,21,23)(H3,20,22,25)/t16-/m0/s1. The first kappa shape index (κ1) is 19.8. The van der Waals surface area contributed by atoms with Gasteiger partial charge >= 0.3 is 12.0 Å². The number of methoxy groups -OCH3 is 1. The van der Waals surface area contributed by atoms with E-state index in [4.69, 9.17) is 15.2 Å². The molecule has 2 aromatic rings. The van der Waals surface area contributed by atoms with E-state index in [-0.39, 0.29) is 6.42 Å². The van der Waals surface area contributed by atoms with Crippen LogP contribution in [-0.2, 0) is 20.7 Å². The Morgan fingerprint density at radius 2 is 1.70 bits per heavy atom. The molecule has 0 bridgehead atoms. The molecule has 2 rings (SSSR count). The van der Waals surface area contributed by atoms with Crippen molar-refractivity contribution in [2.45, 2.75) is 12.5 Å². The lowest BCUT2D eigenvalue weighted by molar-refractivity contribution is -0.149. The van der Waals surface area contributed by atoms with Gasteiger partial charge in [0.1, 0.15) is 11.8 Å². The molecule has 0 aliphatic heterocycles. The maximum absolute atomic E-state index is 12.2. The van der Waals surface area contributed by atoms with Crippen molar-refractivity contribution < 1.29 is 23.9 Å². The van der Waals surface area contributed by atoms with Crippen molar-refractivity contribution >= 4 is 23.6 Å². The molecule has 3 amide bonds. The Morgan fingerprint density at radius 1 is 1.04 bits per heavy atom. The molecule has 0 radical (unpaired) electrons. The Balaban J connectivity index is 1.89. The van der Waals surface area contributed by atoms with E-state index in [1.165, 1.54) is 0 Å². The van der Waals surface area contributed by atoms with E-state index in [0.29, 0.717) is 11.4 Å². The number of nitrogens with one attached hydrogen (secondary N) is 2. The number of hydrogen-bond acceptors (Lipinski definition) is 5. The molecule has 1 atom stereocenters. The Morgan fingerprint density at radius 3 is 2.30 bits per heavy atom. The van der Waals surface area contributed by atoms with Gasteiger partial charge < -0.3 is 25.8 Å². The normalized spacial score (nSPS) is 11.1. The Hall–Kier alpha value is -3.55. The van der Waals surface area contributed by atoms with E-state index in [2.05, 4.69) is 10.6 Å².